The van der Waals surface area contributed by atoms with Crippen molar-refractivity contribution in [2.45, 2.75) is 50.6 Å². The van der Waals surface area contributed by atoms with Crippen LogP contribution in [0.4, 0.5) is 0 Å². The third kappa shape index (κ3) is 5.79. The zero-order valence-electron chi connectivity index (χ0n) is 16.2. The molecule has 154 valence electrons. The van der Waals surface area contributed by atoms with Crippen LogP contribution in [-0.4, -0.2) is 66.5 Å². The number of carbonyl (C=O) groups is 3. The molecule has 28 heavy (non-hydrogen) atoms. The molecule has 2 heterocycles. The topological polar surface area (TPSA) is 114 Å². The molecule has 1 aromatic rings. The standard InChI is InChI=1S/C19H28N4O5/c1-27-18(25)6-7-21-17(24)8-14-4-5-15(23(14)11-13-2-3-13)9-22-19(26)16-10-20-12-28-16/h10,12-15H,2-9,11H2,1H3,(H,21,24)(H,22,26)/t14-,15+/m1/s1. The summed E-state index contributed by atoms with van der Waals surface area (Å²) in [6.07, 6.45) is 7.52. The van der Waals surface area contributed by atoms with Gasteiger partial charge in [-0.1, -0.05) is 0 Å². The summed E-state index contributed by atoms with van der Waals surface area (Å²) >= 11 is 0. The molecule has 2 fully saturated rings. The third-order valence-electron chi connectivity index (χ3n) is 5.39. The first kappa shape index (κ1) is 20.3. The fourth-order valence-electron chi connectivity index (χ4n) is 3.67. The van der Waals surface area contributed by atoms with E-state index in [0.29, 0.717) is 18.9 Å². The van der Waals surface area contributed by atoms with Crippen LogP contribution in [-0.2, 0) is 14.3 Å². The summed E-state index contributed by atoms with van der Waals surface area (Å²) in [4.78, 5) is 41.6. The Labute approximate surface area is 164 Å². The lowest BCUT2D eigenvalue weighted by atomic mass is 10.1. The molecule has 0 bridgehead atoms. The Bertz CT molecular complexity index is 674. The average Bonchev–Trinajstić information content (AvgIpc) is 3.18. The molecule has 2 aliphatic rings. The first-order valence-electron chi connectivity index (χ1n) is 9.82. The summed E-state index contributed by atoms with van der Waals surface area (Å²) < 4.78 is 9.60. The lowest BCUT2D eigenvalue weighted by Gasteiger charge is -2.30. The summed E-state index contributed by atoms with van der Waals surface area (Å²) in [5.41, 5.74) is 0. The van der Waals surface area contributed by atoms with Gasteiger partial charge in [0.1, 0.15) is 0 Å². The molecular formula is C19H28N4O5. The van der Waals surface area contributed by atoms with Crippen molar-refractivity contribution >= 4 is 17.8 Å². The molecule has 0 spiro atoms. The van der Waals surface area contributed by atoms with Crippen LogP contribution >= 0.6 is 0 Å². The Morgan fingerprint density at radius 1 is 1.21 bits per heavy atom. The number of rotatable bonds is 10. The minimum atomic E-state index is -0.334. The number of esters is 1. The van der Waals surface area contributed by atoms with Crippen LogP contribution in [0.3, 0.4) is 0 Å². The van der Waals surface area contributed by atoms with Crippen molar-refractivity contribution < 1.29 is 23.5 Å². The van der Waals surface area contributed by atoms with Gasteiger partial charge in [0.15, 0.2) is 6.39 Å². The summed E-state index contributed by atoms with van der Waals surface area (Å²) in [6, 6.07) is 0.367. The molecule has 1 aromatic heterocycles. The first-order chi connectivity index (χ1) is 13.6. The lowest BCUT2D eigenvalue weighted by molar-refractivity contribution is -0.140. The number of hydrogen-bond donors (Lipinski definition) is 2. The first-order valence-corrected chi connectivity index (χ1v) is 9.82. The quantitative estimate of drug-likeness (QED) is 0.564. The molecule has 2 N–H and O–H groups in total. The van der Waals surface area contributed by atoms with E-state index < -0.39 is 0 Å². The van der Waals surface area contributed by atoms with E-state index in [1.165, 1.54) is 32.5 Å². The Balaban J connectivity index is 1.48. The second-order valence-corrected chi connectivity index (χ2v) is 7.48. The Morgan fingerprint density at radius 2 is 2.00 bits per heavy atom. The van der Waals surface area contributed by atoms with Crippen LogP contribution in [0.5, 0.6) is 0 Å². The van der Waals surface area contributed by atoms with E-state index in [1.54, 1.807) is 0 Å². The van der Waals surface area contributed by atoms with Gasteiger partial charge < -0.3 is 19.8 Å². The monoisotopic (exact) mass is 392 g/mol. The Morgan fingerprint density at radius 3 is 2.68 bits per heavy atom. The van der Waals surface area contributed by atoms with Crippen molar-refractivity contribution in [2.24, 2.45) is 5.92 Å². The van der Waals surface area contributed by atoms with Gasteiger partial charge in [-0.25, -0.2) is 4.98 Å². The van der Waals surface area contributed by atoms with Crippen LogP contribution in [0.25, 0.3) is 0 Å². The molecule has 0 aromatic carbocycles. The fraction of sp³-hybridized carbons (Fsp3) is 0.684. The van der Waals surface area contributed by atoms with E-state index in [1.807, 2.05) is 0 Å². The van der Waals surface area contributed by atoms with E-state index in [0.717, 1.165) is 19.4 Å². The van der Waals surface area contributed by atoms with E-state index in [2.05, 4.69) is 25.3 Å². The van der Waals surface area contributed by atoms with Crippen LogP contribution < -0.4 is 10.6 Å². The molecular weight excluding hydrogens is 364 g/mol. The van der Waals surface area contributed by atoms with Crippen molar-refractivity contribution in [1.29, 1.82) is 0 Å². The van der Waals surface area contributed by atoms with Gasteiger partial charge in [-0.2, -0.15) is 0 Å². The highest BCUT2D eigenvalue weighted by atomic mass is 16.5. The second-order valence-electron chi connectivity index (χ2n) is 7.48. The third-order valence-corrected chi connectivity index (χ3v) is 5.39. The maximum atomic E-state index is 12.3. The van der Waals surface area contributed by atoms with Gasteiger partial charge in [0.25, 0.3) is 5.91 Å². The van der Waals surface area contributed by atoms with E-state index in [-0.39, 0.29) is 48.6 Å². The molecule has 0 unspecified atom stereocenters. The van der Waals surface area contributed by atoms with Gasteiger partial charge in [-0.15, -0.1) is 0 Å². The number of hydrogen-bond acceptors (Lipinski definition) is 7. The minimum absolute atomic E-state index is 0.0546. The normalized spacial score (nSPS) is 22.0. The molecule has 1 aliphatic carbocycles. The molecule has 1 aliphatic heterocycles. The number of aromatic nitrogens is 1. The lowest BCUT2D eigenvalue weighted by Crippen LogP contribution is -2.45. The summed E-state index contributed by atoms with van der Waals surface area (Å²) in [6.45, 7) is 1.77. The Hall–Kier alpha value is -2.42. The van der Waals surface area contributed by atoms with Crippen LogP contribution in [0.2, 0.25) is 0 Å². The van der Waals surface area contributed by atoms with Crippen LogP contribution in [0, 0.1) is 5.92 Å². The molecule has 0 radical (unpaired) electrons. The van der Waals surface area contributed by atoms with E-state index in [4.69, 9.17) is 4.42 Å². The van der Waals surface area contributed by atoms with E-state index in [9.17, 15) is 14.4 Å². The predicted molar refractivity (Wildman–Crippen MR) is 99.3 cm³/mol. The fourth-order valence-corrected chi connectivity index (χ4v) is 3.67. The maximum absolute atomic E-state index is 12.3. The summed E-state index contributed by atoms with van der Waals surface area (Å²) in [5.74, 6) is 0.233. The van der Waals surface area contributed by atoms with Gasteiger partial charge in [-0.3, -0.25) is 19.3 Å². The number of nitrogens with zero attached hydrogens (tertiary/aromatic N) is 2. The van der Waals surface area contributed by atoms with Crippen molar-refractivity contribution in [3.05, 3.63) is 18.4 Å². The number of amides is 2. The molecule has 9 heteroatoms. The molecule has 3 rings (SSSR count). The van der Waals surface area contributed by atoms with Crippen LogP contribution in [0.15, 0.2) is 17.0 Å². The van der Waals surface area contributed by atoms with Gasteiger partial charge in [0.05, 0.1) is 19.7 Å². The summed E-state index contributed by atoms with van der Waals surface area (Å²) in [7, 11) is 1.33. The van der Waals surface area contributed by atoms with Crippen molar-refractivity contribution in [3.63, 3.8) is 0 Å². The van der Waals surface area contributed by atoms with Crippen molar-refractivity contribution in [3.8, 4) is 0 Å². The van der Waals surface area contributed by atoms with Gasteiger partial charge >= 0.3 is 5.97 Å². The molecule has 2 amide bonds. The SMILES string of the molecule is COC(=O)CCNC(=O)C[C@H]1CC[C@@H](CNC(=O)c2cnco2)N1CC1CC1. The van der Waals surface area contributed by atoms with Gasteiger partial charge in [0.2, 0.25) is 11.7 Å². The maximum Gasteiger partial charge on any atom is 0.307 e. The van der Waals surface area contributed by atoms with E-state index >= 15 is 0 Å². The number of ether oxygens (including phenoxy) is 1. The summed E-state index contributed by atoms with van der Waals surface area (Å²) in [5, 5.41) is 5.70. The van der Waals surface area contributed by atoms with Crippen LogP contribution in [0.1, 0.15) is 49.1 Å². The molecule has 2 atom stereocenters. The zero-order valence-corrected chi connectivity index (χ0v) is 16.2. The van der Waals surface area contributed by atoms with Crippen molar-refractivity contribution in [1.82, 2.24) is 20.5 Å². The zero-order chi connectivity index (χ0) is 19.9. The highest BCUT2D eigenvalue weighted by molar-refractivity contribution is 5.91. The molecule has 9 nitrogen and oxygen atoms in total. The predicted octanol–water partition coefficient (Wildman–Crippen LogP) is 0.717. The Kier molecular flexibility index (Phi) is 7.02. The largest absolute Gasteiger partial charge is 0.469 e. The number of nitrogens with one attached hydrogen (secondary N) is 2. The van der Waals surface area contributed by atoms with Crippen molar-refractivity contribution in [2.75, 3.05) is 26.7 Å². The molecule has 1 saturated heterocycles. The highest BCUT2D eigenvalue weighted by Gasteiger charge is 2.38. The number of methoxy groups -OCH3 is 1. The number of oxazole rings is 1. The second kappa shape index (κ2) is 9.68. The highest BCUT2D eigenvalue weighted by Crippen LogP contribution is 2.35. The smallest absolute Gasteiger partial charge is 0.307 e. The molecule has 1 saturated carbocycles. The van der Waals surface area contributed by atoms with Gasteiger partial charge in [0, 0.05) is 38.1 Å². The number of likely N-dealkylation sites (tertiary alicyclic amines) is 1. The van der Waals surface area contributed by atoms with Gasteiger partial charge in [-0.05, 0) is 31.6 Å². The average molecular weight is 392 g/mol. The number of carbonyl (C=O) groups excluding carboxylic acids is 3. The minimum Gasteiger partial charge on any atom is -0.469 e.